The monoisotopic (exact) mass is 345 g/mol. The van der Waals surface area contributed by atoms with Crippen molar-refractivity contribution >= 4 is 17.8 Å². The highest BCUT2D eigenvalue weighted by atomic mass is 16.5. The Morgan fingerprint density at radius 2 is 1.92 bits per heavy atom. The molecule has 25 heavy (non-hydrogen) atoms. The Morgan fingerprint density at radius 3 is 2.64 bits per heavy atom. The molecule has 2 fully saturated rings. The molecule has 0 bridgehead atoms. The summed E-state index contributed by atoms with van der Waals surface area (Å²) < 4.78 is 5.26. The molecule has 7 nitrogen and oxygen atoms in total. The molecule has 1 spiro atoms. The van der Waals surface area contributed by atoms with Crippen molar-refractivity contribution in [1.29, 1.82) is 0 Å². The van der Waals surface area contributed by atoms with E-state index < -0.39 is 11.6 Å². The number of amides is 4. The number of ether oxygens (including phenoxy) is 1. The minimum absolute atomic E-state index is 0.237. The van der Waals surface area contributed by atoms with E-state index in [2.05, 4.69) is 10.6 Å². The number of carbonyl (C=O) groups excluding carboxylic acids is 3. The topological polar surface area (TPSA) is 87.7 Å². The van der Waals surface area contributed by atoms with Gasteiger partial charge in [-0.2, -0.15) is 0 Å². The first-order chi connectivity index (χ1) is 12.1. The van der Waals surface area contributed by atoms with Crippen molar-refractivity contribution < 1.29 is 19.1 Å². The van der Waals surface area contributed by atoms with Crippen LogP contribution in [0.3, 0.4) is 0 Å². The summed E-state index contributed by atoms with van der Waals surface area (Å²) in [6, 6.07) is 9.53. The fraction of sp³-hybridized carbons (Fsp3) is 0.500. The molecule has 4 amide bonds. The van der Waals surface area contributed by atoms with Crippen molar-refractivity contribution in [2.24, 2.45) is 0 Å². The van der Waals surface area contributed by atoms with Gasteiger partial charge in [0.15, 0.2) is 0 Å². The maximum absolute atomic E-state index is 12.6. The van der Waals surface area contributed by atoms with E-state index in [-0.39, 0.29) is 18.4 Å². The van der Waals surface area contributed by atoms with Gasteiger partial charge in [-0.05, 0) is 18.4 Å². The molecule has 0 unspecified atom stereocenters. The Balaban J connectivity index is 1.44. The van der Waals surface area contributed by atoms with E-state index in [1.165, 1.54) is 5.56 Å². The van der Waals surface area contributed by atoms with E-state index in [1.54, 1.807) is 0 Å². The number of hydrogen-bond acceptors (Lipinski definition) is 4. The lowest BCUT2D eigenvalue weighted by molar-refractivity contribution is -0.137. The molecule has 0 aromatic heterocycles. The van der Waals surface area contributed by atoms with Crippen LogP contribution in [0.15, 0.2) is 30.3 Å². The van der Waals surface area contributed by atoms with Crippen LogP contribution in [0.25, 0.3) is 0 Å². The van der Waals surface area contributed by atoms with Crippen molar-refractivity contribution in [3.05, 3.63) is 35.9 Å². The van der Waals surface area contributed by atoms with E-state index in [9.17, 15) is 14.4 Å². The number of aryl methyl sites for hydroxylation is 1. The van der Waals surface area contributed by atoms with Crippen LogP contribution < -0.4 is 10.6 Å². The third-order valence-corrected chi connectivity index (χ3v) is 4.70. The average molecular weight is 345 g/mol. The Kier molecular flexibility index (Phi) is 5.33. The van der Waals surface area contributed by atoms with Crippen LogP contribution >= 0.6 is 0 Å². The van der Waals surface area contributed by atoms with E-state index in [4.69, 9.17) is 4.74 Å². The van der Waals surface area contributed by atoms with Gasteiger partial charge in [-0.3, -0.25) is 14.5 Å². The lowest BCUT2D eigenvalue weighted by Gasteiger charge is -2.30. The maximum Gasteiger partial charge on any atom is 0.325 e. The second-order valence-electron chi connectivity index (χ2n) is 6.46. The molecule has 2 heterocycles. The van der Waals surface area contributed by atoms with Crippen molar-refractivity contribution in [2.45, 2.75) is 31.2 Å². The molecule has 7 heteroatoms. The number of imide groups is 1. The summed E-state index contributed by atoms with van der Waals surface area (Å²) in [5.41, 5.74) is 0.329. The van der Waals surface area contributed by atoms with Crippen molar-refractivity contribution in [2.75, 3.05) is 26.3 Å². The van der Waals surface area contributed by atoms with Gasteiger partial charge in [0.05, 0.1) is 0 Å². The third kappa shape index (κ3) is 3.99. The van der Waals surface area contributed by atoms with Gasteiger partial charge >= 0.3 is 6.03 Å². The normalized spacial score (nSPS) is 19.1. The predicted octanol–water partition coefficient (Wildman–Crippen LogP) is 0.836. The van der Waals surface area contributed by atoms with E-state index >= 15 is 0 Å². The van der Waals surface area contributed by atoms with Crippen LogP contribution in [0.4, 0.5) is 4.79 Å². The molecule has 2 N–H and O–H groups in total. The second-order valence-corrected chi connectivity index (χ2v) is 6.46. The lowest BCUT2D eigenvalue weighted by atomic mass is 9.90. The first-order valence-corrected chi connectivity index (χ1v) is 8.63. The number of benzene rings is 1. The van der Waals surface area contributed by atoms with Gasteiger partial charge < -0.3 is 15.4 Å². The van der Waals surface area contributed by atoms with Crippen molar-refractivity contribution in [3.63, 3.8) is 0 Å². The first kappa shape index (κ1) is 17.4. The van der Waals surface area contributed by atoms with Gasteiger partial charge in [-0.25, -0.2) is 4.79 Å². The molecule has 0 saturated carbocycles. The summed E-state index contributed by atoms with van der Waals surface area (Å²) in [6.45, 7) is 1.14. The smallest absolute Gasteiger partial charge is 0.325 e. The molecule has 0 aliphatic carbocycles. The van der Waals surface area contributed by atoms with Crippen LogP contribution in [0.2, 0.25) is 0 Å². The minimum atomic E-state index is -0.886. The van der Waals surface area contributed by atoms with Crippen LogP contribution in [0.5, 0.6) is 0 Å². The van der Waals surface area contributed by atoms with E-state index in [0.717, 1.165) is 17.7 Å². The van der Waals surface area contributed by atoms with Crippen molar-refractivity contribution in [1.82, 2.24) is 15.5 Å². The molecule has 2 aliphatic heterocycles. The van der Waals surface area contributed by atoms with Crippen molar-refractivity contribution in [3.8, 4) is 0 Å². The molecule has 3 rings (SSSR count). The molecule has 0 radical (unpaired) electrons. The predicted molar refractivity (Wildman–Crippen MR) is 90.8 cm³/mol. The highest BCUT2D eigenvalue weighted by Gasteiger charge is 2.52. The molecule has 1 aromatic carbocycles. The van der Waals surface area contributed by atoms with Gasteiger partial charge in [0.1, 0.15) is 12.1 Å². The molecule has 1 aromatic rings. The summed E-state index contributed by atoms with van der Waals surface area (Å²) in [5.74, 6) is -0.638. The number of nitrogens with zero attached hydrogens (tertiary/aromatic N) is 1. The largest absolute Gasteiger partial charge is 0.381 e. The van der Waals surface area contributed by atoms with Crippen LogP contribution in [-0.4, -0.2) is 54.6 Å². The Labute approximate surface area is 146 Å². The third-order valence-electron chi connectivity index (χ3n) is 4.70. The van der Waals surface area contributed by atoms with Crippen LogP contribution in [-0.2, 0) is 20.7 Å². The zero-order chi connectivity index (χ0) is 17.7. The molecular weight excluding hydrogens is 322 g/mol. The van der Waals surface area contributed by atoms with Gasteiger partial charge in [0, 0.05) is 32.6 Å². The highest BCUT2D eigenvalue weighted by Crippen LogP contribution is 2.28. The zero-order valence-electron chi connectivity index (χ0n) is 14.1. The number of urea groups is 1. The summed E-state index contributed by atoms with van der Waals surface area (Å²) in [7, 11) is 0. The molecule has 134 valence electrons. The van der Waals surface area contributed by atoms with Gasteiger partial charge in [0.2, 0.25) is 5.91 Å². The number of hydrogen-bond donors (Lipinski definition) is 2. The second kappa shape index (κ2) is 7.65. The fourth-order valence-corrected chi connectivity index (χ4v) is 3.24. The average Bonchev–Trinajstić information content (AvgIpc) is 2.84. The lowest BCUT2D eigenvalue weighted by Crippen LogP contribution is -2.51. The van der Waals surface area contributed by atoms with Crippen LogP contribution in [0, 0.1) is 0 Å². The summed E-state index contributed by atoms with van der Waals surface area (Å²) in [5, 5.41) is 5.52. The Hall–Kier alpha value is -2.41. The molecule has 2 saturated heterocycles. The summed E-state index contributed by atoms with van der Waals surface area (Å²) in [4.78, 5) is 37.7. The highest BCUT2D eigenvalue weighted by molar-refractivity contribution is 6.09. The maximum atomic E-state index is 12.6. The summed E-state index contributed by atoms with van der Waals surface area (Å²) >= 11 is 0. The zero-order valence-corrected chi connectivity index (χ0v) is 14.1. The van der Waals surface area contributed by atoms with Crippen LogP contribution in [0.1, 0.15) is 24.8 Å². The van der Waals surface area contributed by atoms with Gasteiger partial charge in [-0.15, -0.1) is 0 Å². The number of rotatable bonds is 6. The standard InChI is InChI=1S/C18H23N3O4/c22-15(19-10-4-7-14-5-2-1-3-6-14)13-21-16(23)18(20-17(21)24)8-11-25-12-9-18/h1-3,5-6H,4,7-13H2,(H,19,22)(H,20,24). The Bertz CT molecular complexity index is 641. The SMILES string of the molecule is O=C(CN1C(=O)NC2(CCOCC2)C1=O)NCCCc1ccccc1. The number of carbonyl (C=O) groups is 3. The molecular formula is C18H23N3O4. The molecule has 0 atom stereocenters. The molecule has 2 aliphatic rings. The van der Waals surface area contributed by atoms with E-state index in [0.29, 0.717) is 32.6 Å². The van der Waals surface area contributed by atoms with Gasteiger partial charge in [0.25, 0.3) is 5.91 Å². The minimum Gasteiger partial charge on any atom is -0.381 e. The van der Waals surface area contributed by atoms with E-state index in [1.807, 2.05) is 30.3 Å². The quantitative estimate of drug-likeness (QED) is 0.591. The fourth-order valence-electron chi connectivity index (χ4n) is 3.24. The summed E-state index contributed by atoms with van der Waals surface area (Å²) in [6.07, 6.45) is 2.57. The number of nitrogens with one attached hydrogen (secondary N) is 2. The first-order valence-electron chi connectivity index (χ1n) is 8.63. The van der Waals surface area contributed by atoms with Gasteiger partial charge in [-0.1, -0.05) is 30.3 Å². The Morgan fingerprint density at radius 1 is 1.20 bits per heavy atom.